The van der Waals surface area contributed by atoms with Crippen LogP contribution in [0.3, 0.4) is 0 Å². The summed E-state index contributed by atoms with van der Waals surface area (Å²) in [5.74, 6) is -0.138. The van der Waals surface area contributed by atoms with Crippen molar-refractivity contribution in [1.29, 1.82) is 0 Å². The number of hydrogen-bond donors (Lipinski definition) is 1. The SMILES string of the molecule is CCCNC1(C(=O)OCC)CCC(OCCOC)C1. The van der Waals surface area contributed by atoms with E-state index in [1.54, 1.807) is 7.11 Å². The van der Waals surface area contributed by atoms with Crippen LogP contribution in [0.5, 0.6) is 0 Å². The Balaban J connectivity index is 2.54. The van der Waals surface area contributed by atoms with Gasteiger partial charge in [-0.3, -0.25) is 4.79 Å². The molecule has 1 aliphatic carbocycles. The van der Waals surface area contributed by atoms with Crippen LogP contribution >= 0.6 is 0 Å². The highest BCUT2D eigenvalue weighted by molar-refractivity contribution is 5.81. The van der Waals surface area contributed by atoms with E-state index in [0.29, 0.717) is 26.2 Å². The van der Waals surface area contributed by atoms with Crippen LogP contribution in [-0.4, -0.2) is 51.1 Å². The average molecular weight is 273 g/mol. The van der Waals surface area contributed by atoms with Crippen molar-refractivity contribution in [2.45, 2.75) is 51.2 Å². The molecule has 0 aromatic rings. The van der Waals surface area contributed by atoms with E-state index in [9.17, 15) is 4.79 Å². The first-order valence-electron chi connectivity index (χ1n) is 7.21. The van der Waals surface area contributed by atoms with Crippen LogP contribution in [0.1, 0.15) is 39.5 Å². The van der Waals surface area contributed by atoms with Gasteiger partial charge >= 0.3 is 5.97 Å². The van der Waals surface area contributed by atoms with Gasteiger partial charge in [-0.05, 0) is 32.7 Å². The summed E-state index contributed by atoms with van der Waals surface area (Å²) in [5, 5.41) is 3.36. The second-order valence-corrected chi connectivity index (χ2v) is 4.96. The first kappa shape index (κ1) is 16.4. The summed E-state index contributed by atoms with van der Waals surface area (Å²) in [5.41, 5.74) is -0.552. The second-order valence-electron chi connectivity index (χ2n) is 4.96. The smallest absolute Gasteiger partial charge is 0.326 e. The van der Waals surface area contributed by atoms with Crippen molar-refractivity contribution in [2.75, 3.05) is 33.5 Å². The van der Waals surface area contributed by atoms with E-state index >= 15 is 0 Å². The van der Waals surface area contributed by atoms with Gasteiger partial charge < -0.3 is 19.5 Å². The lowest BCUT2D eigenvalue weighted by Crippen LogP contribution is -2.51. The molecule has 0 spiro atoms. The van der Waals surface area contributed by atoms with Gasteiger partial charge in [0.2, 0.25) is 0 Å². The van der Waals surface area contributed by atoms with Crippen LogP contribution < -0.4 is 5.32 Å². The Bertz CT molecular complexity index is 272. The van der Waals surface area contributed by atoms with Crippen molar-refractivity contribution in [2.24, 2.45) is 0 Å². The van der Waals surface area contributed by atoms with Crippen LogP contribution in [0.25, 0.3) is 0 Å². The minimum absolute atomic E-state index is 0.115. The molecule has 112 valence electrons. The van der Waals surface area contributed by atoms with E-state index in [1.165, 1.54) is 0 Å². The van der Waals surface area contributed by atoms with Crippen LogP contribution in [0.4, 0.5) is 0 Å². The van der Waals surface area contributed by atoms with Gasteiger partial charge in [0.1, 0.15) is 5.54 Å². The maximum absolute atomic E-state index is 12.2. The normalized spacial score (nSPS) is 26.6. The average Bonchev–Trinajstić information content (AvgIpc) is 2.82. The molecule has 1 aliphatic rings. The van der Waals surface area contributed by atoms with Crippen molar-refractivity contribution < 1.29 is 19.0 Å². The zero-order valence-corrected chi connectivity index (χ0v) is 12.4. The molecule has 5 heteroatoms. The van der Waals surface area contributed by atoms with Gasteiger partial charge in [0.05, 0.1) is 25.9 Å². The molecule has 0 aromatic carbocycles. The van der Waals surface area contributed by atoms with Crippen molar-refractivity contribution in [3.8, 4) is 0 Å². The van der Waals surface area contributed by atoms with E-state index in [1.807, 2.05) is 6.92 Å². The molecule has 2 atom stereocenters. The summed E-state index contributed by atoms with van der Waals surface area (Å²) in [6.45, 7) is 6.34. The van der Waals surface area contributed by atoms with Gasteiger partial charge in [-0.2, -0.15) is 0 Å². The Morgan fingerprint density at radius 3 is 2.79 bits per heavy atom. The molecule has 0 amide bonds. The molecule has 1 rings (SSSR count). The van der Waals surface area contributed by atoms with Gasteiger partial charge in [0.15, 0.2) is 0 Å². The molecule has 0 aliphatic heterocycles. The Kier molecular flexibility index (Phi) is 7.34. The quantitative estimate of drug-likeness (QED) is 0.510. The van der Waals surface area contributed by atoms with Gasteiger partial charge in [-0.15, -0.1) is 0 Å². The maximum Gasteiger partial charge on any atom is 0.326 e. The third-order valence-corrected chi connectivity index (χ3v) is 3.49. The fraction of sp³-hybridized carbons (Fsp3) is 0.929. The lowest BCUT2D eigenvalue weighted by Gasteiger charge is -2.28. The molecule has 1 N–H and O–H groups in total. The van der Waals surface area contributed by atoms with E-state index in [0.717, 1.165) is 25.8 Å². The van der Waals surface area contributed by atoms with Crippen LogP contribution in [0.2, 0.25) is 0 Å². The number of nitrogens with one attached hydrogen (secondary N) is 1. The molecule has 0 heterocycles. The second kappa shape index (κ2) is 8.51. The lowest BCUT2D eigenvalue weighted by atomic mass is 9.97. The summed E-state index contributed by atoms with van der Waals surface area (Å²) < 4.78 is 15.9. The molecular formula is C14H27NO4. The Labute approximate surface area is 116 Å². The molecule has 0 radical (unpaired) electrons. The molecule has 5 nitrogen and oxygen atoms in total. The Morgan fingerprint density at radius 1 is 1.37 bits per heavy atom. The number of ether oxygens (including phenoxy) is 3. The van der Waals surface area contributed by atoms with E-state index < -0.39 is 5.54 Å². The molecule has 2 unspecified atom stereocenters. The van der Waals surface area contributed by atoms with E-state index in [4.69, 9.17) is 14.2 Å². The topological polar surface area (TPSA) is 56.8 Å². The summed E-state index contributed by atoms with van der Waals surface area (Å²) in [6, 6.07) is 0. The standard InChI is InChI=1S/C14H27NO4/c1-4-8-15-14(13(16)18-5-2)7-6-12(11-14)19-10-9-17-3/h12,15H,4-11H2,1-3H3. The predicted octanol–water partition coefficient (Wildman–Crippen LogP) is 1.50. The third kappa shape index (κ3) is 4.75. The first-order valence-corrected chi connectivity index (χ1v) is 7.21. The van der Waals surface area contributed by atoms with Gasteiger partial charge in [-0.1, -0.05) is 6.92 Å². The predicted molar refractivity (Wildman–Crippen MR) is 73.1 cm³/mol. The van der Waals surface area contributed by atoms with Gasteiger partial charge in [0, 0.05) is 13.5 Å². The monoisotopic (exact) mass is 273 g/mol. The molecule has 0 aromatic heterocycles. The zero-order chi connectivity index (χ0) is 14.1. The van der Waals surface area contributed by atoms with Gasteiger partial charge in [-0.25, -0.2) is 0 Å². The Hall–Kier alpha value is -0.650. The minimum atomic E-state index is -0.552. The molecule has 1 fully saturated rings. The van der Waals surface area contributed by atoms with Crippen molar-refractivity contribution in [3.05, 3.63) is 0 Å². The Morgan fingerprint density at radius 2 is 2.16 bits per heavy atom. The van der Waals surface area contributed by atoms with Crippen molar-refractivity contribution in [3.63, 3.8) is 0 Å². The molecular weight excluding hydrogens is 246 g/mol. The number of carbonyl (C=O) groups excluding carboxylic acids is 1. The number of rotatable bonds is 9. The van der Waals surface area contributed by atoms with Crippen LogP contribution in [0.15, 0.2) is 0 Å². The minimum Gasteiger partial charge on any atom is -0.465 e. The number of methoxy groups -OCH3 is 1. The molecule has 0 saturated heterocycles. The highest BCUT2D eigenvalue weighted by atomic mass is 16.5. The summed E-state index contributed by atoms with van der Waals surface area (Å²) >= 11 is 0. The maximum atomic E-state index is 12.2. The van der Waals surface area contributed by atoms with Crippen LogP contribution in [0, 0.1) is 0 Å². The summed E-state index contributed by atoms with van der Waals surface area (Å²) in [6.07, 6.45) is 3.47. The largest absolute Gasteiger partial charge is 0.465 e. The summed E-state index contributed by atoms with van der Waals surface area (Å²) in [7, 11) is 1.66. The molecule has 1 saturated carbocycles. The van der Waals surface area contributed by atoms with Crippen molar-refractivity contribution >= 4 is 5.97 Å². The van der Waals surface area contributed by atoms with Crippen molar-refractivity contribution in [1.82, 2.24) is 5.32 Å². The van der Waals surface area contributed by atoms with E-state index in [2.05, 4.69) is 12.2 Å². The number of carbonyl (C=O) groups is 1. The third-order valence-electron chi connectivity index (χ3n) is 3.49. The van der Waals surface area contributed by atoms with Crippen LogP contribution in [-0.2, 0) is 19.0 Å². The fourth-order valence-corrected chi connectivity index (χ4v) is 2.49. The highest BCUT2D eigenvalue weighted by Crippen LogP contribution is 2.33. The first-order chi connectivity index (χ1) is 9.18. The number of hydrogen-bond acceptors (Lipinski definition) is 5. The number of esters is 1. The fourth-order valence-electron chi connectivity index (χ4n) is 2.49. The van der Waals surface area contributed by atoms with E-state index in [-0.39, 0.29) is 12.1 Å². The van der Waals surface area contributed by atoms with Gasteiger partial charge in [0.25, 0.3) is 0 Å². The summed E-state index contributed by atoms with van der Waals surface area (Å²) in [4.78, 5) is 12.2. The molecule has 0 bridgehead atoms. The zero-order valence-electron chi connectivity index (χ0n) is 12.4. The highest BCUT2D eigenvalue weighted by Gasteiger charge is 2.46. The lowest BCUT2D eigenvalue weighted by molar-refractivity contribution is -0.151. The molecule has 19 heavy (non-hydrogen) atoms.